The van der Waals surface area contributed by atoms with Crippen LogP contribution in [-0.2, 0) is 9.57 Å². The zero-order valence-electron chi connectivity index (χ0n) is 10.3. The van der Waals surface area contributed by atoms with Gasteiger partial charge in [0.15, 0.2) is 6.29 Å². The fourth-order valence-corrected chi connectivity index (χ4v) is 1.75. The third-order valence-corrected chi connectivity index (χ3v) is 2.82. The molecule has 0 radical (unpaired) electrons. The Morgan fingerprint density at radius 2 is 1.89 bits per heavy atom. The first-order valence-electron chi connectivity index (χ1n) is 6.08. The van der Waals surface area contributed by atoms with Crippen LogP contribution in [0.4, 0.5) is 0 Å². The number of carboxylic acids is 1. The van der Waals surface area contributed by atoms with Crippen LogP contribution in [0.3, 0.4) is 0 Å². The van der Waals surface area contributed by atoms with Gasteiger partial charge in [0, 0.05) is 18.6 Å². The third kappa shape index (κ3) is 3.77. The zero-order valence-corrected chi connectivity index (χ0v) is 10.3. The fraction of sp³-hybridized carbons (Fsp3) is 0.385. The molecule has 1 amide bonds. The number of hydrogen-bond donors (Lipinski definition) is 2. The fourth-order valence-electron chi connectivity index (χ4n) is 1.75. The van der Waals surface area contributed by atoms with E-state index in [1.165, 1.54) is 24.3 Å². The highest BCUT2D eigenvalue weighted by atomic mass is 16.8. The molecular weight excluding hydrogens is 250 g/mol. The molecule has 1 saturated heterocycles. The monoisotopic (exact) mass is 265 g/mol. The summed E-state index contributed by atoms with van der Waals surface area (Å²) in [5, 5.41) is 8.75. The van der Waals surface area contributed by atoms with Gasteiger partial charge in [-0.25, -0.2) is 15.1 Å². The lowest BCUT2D eigenvalue weighted by Crippen LogP contribution is -2.33. The maximum Gasteiger partial charge on any atom is 0.335 e. The van der Waals surface area contributed by atoms with E-state index < -0.39 is 18.2 Å². The molecule has 1 aliphatic rings. The summed E-state index contributed by atoms with van der Waals surface area (Å²) in [7, 11) is 0. The van der Waals surface area contributed by atoms with Crippen molar-refractivity contribution in [2.45, 2.75) is 25.6 Å². The molecule has 2 rings (SSSR count). The minimum atomic E-state index is -1.03. The van der Waals surface area contributed by atoms with Gasteiger partial charge in [-0.2, -0.15) is 0 Å². The van der Waals surface area contributed by atoms with E-state index in [-0.39, 0.29) is 5.56 Å². The number of benzene rings is 1. The molecule has 0 aliphatic carbocycles. The van der Waals surface area contributed by atoms with Crippen molar-refractivity contribution >= 4 is 11.9 Å². The average molecular weight is 265 g/mol. The van der Waals surface area contributed by atoms with Gasteiger partial charge in [-0.1, -0.05) is 0 Å². The Morgan fingerprint density at radius 1 is 1.21 bits per heavy atom. The first kappa shape index (κ1) is 13.5. The molecule has 1 aromatic rings. The van der Waals surface area contributed by atoms with Gasteiger partial charge >= 0.3 is 5.97 Å². The normalized spacial score (nSPS) is 18.8. The molecule has 1 heterocycles. The van der Waals surface area contributed by atoms with Crippen LogP contribution in [0.15, 0.2) is 24.3 Å². The van der Waals surface area contributed by atoms with Gasteiger partial charge in [0.05, 0.1) is 5.56 Å². The first-order valence-corrected chi connectivity index (χ1v) is 6.08. The van der Waals surface area contributed by atoms with Crippen molar-refractivity contribution in [3.8, 4) is 0 Å². The van der Waals surface area contributed by atoms with Gasteiger partial charge in [0.2, 0.25) is 0 Å². The summed E-state index contributed by atoms with van der Waals surface area (Å²) < 4.78 is 5.30. The molecule has 2 N–H and O–H groups in total. The lowest BCUT2D eigenvalue weighted by molar-refractivity contribution is -0.186. The second-order valence-electron chi connectivity index (χ2n) is 4.23. The van der Waals surface area contributed by atoms with Gasteiger partial charge in [-0.05, 0) is 37.1 Å². The number of ether oxygens (including phenoxy) is 1. The van der Waals surface area contributed by atoms with Crippen molar-refractivity contribution in [2.24, 2.45) is 0 Å². The Labute approximate surface area is 110 Å². The van der Waals surface area contributed by atoms with E-state index in [4.69, 9.17) is 14.7 Å². The summed E-state index contributed by atoms with van der Waals surface area (Å²) in [6, 6.07) is 5.61. The molecule has 0 saturated carbocycles. The first-order chi connectivity index (χ1) is 9.16. The molecule has 0 bridgehead atoms. The second-order valence-corrected chi connectivity index (χ2v) is 4.23. The van der Waals surface area contributed by atoms with Crippen molar-refractivity contribution < 1.29 is 24.3 Å². The molecule has 0 spiro atoms. The van der Waals surface area contributed by atoms with E-state index in [9.17, 15) is 9.59 Å². The van der Waals surface area contributed by atoms with Crippen LogP contribution in [0.1, 0.15) is 40.0 Å². The van der Waals surface area contributed by atoms with E-state index in [1.54, 1.807) is 0 Å². The number of rotatable bonds is 4. The van der Waals surface area contributed by atoms with E-state index in [2.05, 4.69) is 5.48 Å². The lowest BCUT2D eigenvalue weighted by Gasteiger charge is -2.22. The minimum Gasteiger partial charge on any atom is -0.478 e. The number of carbonyl (C=O) groups excluding carboxylic acids is 1. The number of amides is 1. The highest BCUT2D eigenvalue weighted by Gasteiger charge is 2.16. The number of aromatic carboxylic acids is 1. The summed E-state index contributed by atoms with van der Waals surface area (Å²) in [5.74, 6) is -1.45. The van der Waals surface area contributed by atoms with Crippen LogP contribution in [0.25, 0.3) is 0 Å². The SMILES string of the molecule is O=C(O)c1ccc(C(=O)NOC2CCCCO2)cc1. The Bertz CT molecular complexity index is 451. The van der Waals surface area contributed by atoms with E-state index in [1.807, 2.05) is 0 Å². The van der Waals surface area contributed by atoms with Crippen molar-refractivity contribution in [3.05, 3.63) is 35.4 Å². The van der Waals surface area contributed by atoms with Gasteiger partial charge in [-0.3, -0.25) is 4.79 Å². The summed E-state index contributed by atoms with van der Waals surface area (Å²) in [5.41, 5.74) is 2.77. The zero-order chi connectivity index (χ0) is 13.7. The van der Waals surface area contributed by atoms with Gasteiger partial charge in [0.25, 0.3) is 5.91 Å². The Balaban J connectivity index is 1.86. The minimum absolute atomic E-state index is 0.132. The van der Waals surface area contributed by atoms with Gasteiger partial charge in [-0.15, -0.1) is 0 Å². The van der Waals surface area contributed by atoms with E-state index in [0.717, 1.165) is 19.3 Å². The number of hydroxylamine groups is 1. The van der Waals surface area contributed by atoms with Crippen molar-refractivity contribution in [2.75, 3.05) is 6.61 Å². The molecule has 6 nitrogen and oxygen atoms in total. The number of carbonyl (C=O) groups is 2. The summed E-state index contributed by atoms with van der Waals surface area (Å²) in [6.45, 7) is 0.633. The van der Waals surface area contributed by atoms with Crippen LogP contribution in [-0.4, -0.2) is 29.9 Å². The molecule has 1 atom stereocenters. The van der Waals surface area contributed by atoms with Gasteiger partial charge in [0.1, 0.15) is 0 Å². The van der Waals surface area contributed by atoms with E-state index >= 15 is 0 Å². The standard InChI is InChI=1S/C13H15NO5/c15-12(14-19-11-3-1-2-8-18-11)9-4-6-10(7-5-9)13(16)17/h4-7,11H,1-3,8H2,(H,14,15)(H,16,17). The van der Waals surface area contributed by atoms with Crippen LogP contribution >= 0.6 is 0 Å². The quantitative estimate of drug-likeness (QED) is 0.807. The number of hydrogen-bond acceptors (Lipinski definition) is 4. The number of nitrogens with one attached hydrogen (secondary N) is 1. The molecule has 0 aromatic heterocycles. The van der Waals surface area contributed by atoms with Crippen LogP contribution in [0, 0.1) is 0 Å². The molecule has 1 unspecified atom stereocenters. The topological polar surface area (TPSA) is 84.9 Å². The second kappa shape index (κ2) is 6.31. The van der Waals surface area contributed by atoms with E-state index in [0.29, 0.717) is 12.2 Å². The number of carboxylic acid groups (broad SMARTS) is 1. The maximum atomic E-state index is 11.7. The Hall–Kier alpha value is -1.92. The molecule has 1 aromatic carbocycles. The van der Waals surface area contributed by atoms with Gasteiger partial charge < -0.3 is 9.84 Å². The molecule has 6 heteroatoms. The predicted molar refractivity (Wildman–Crippen MR) is 65.5 cm³/mol. The third-order valence-electron chi connectivity index (χ3n) is 2.82. The average Bonchev–Trinajstić information content (AvgIpc) is 2.46. The lowest BCUT2D eigenvalue weighted by atomic mass is 10.1. The molecule has 1 fully saturated rings. The van der Waals surface area contributed by atoms with Crippen LogP contribution < -0.4 is 5.48 Å². The Morgan fingerprint density at radius 3 is 2.47 bits per heavy atom. The summed E-state index contributed by atoms with van der Waals surface area (Å²) in [6.07, 6.45) is 2.35. The molecular formula is C13H15NO5. The Kier molecular flexibility index (Phi) is 4.48. The van der Waals surface area contributed by atoms with Crippen molar-refractivity contribution in [1.82, 2.24) is 5.48 Å². The predicted octanol–water partition coefficient (Wildman–Crippen LogP) is 1.57. The molecule has 1 aliphatic heterocycles. The largest absolute Gasteiger partial charge is 0.478 e. The highest BCUT2D eigenvalue weighted by molar-refractivity contribution is 5.95. The van der Waals surface area contributed by atoms with Crippen molar-refractivity contribution in [3.63, 3.8) is 0 Å². The summed E-state index contributed by atoms with van der Waals surface area (Å²) in [4.78, 5) is 27.5. The summed E-state index contributed by atoms with van der Waals surface area (Å²) >= 11 is 0. The van der Waals surface area contributed by atoms with Crippen LogP contribution in [0.2, 0.25) is 0 Å². The molecule has 19 heavy (non-hydrogen) atoms. The molecule has 102 valence electrons. The smallest absolute Gasteiger partial charge is 0.335 e. The highest BCUT2D eigenvalue weighted by Crippen LogP contribution is 2.13. The van der Waals surface area contributed by atoms with Crippen LogP contribution in [0.5, 0.6) is 0 Å². The maximum absolute atomic E-state index is 11.7. The van der Waals surface area contributed by atoms with Crippen molar-refractivity contribution in [1.29, 1.82) is 0 Å².